The first kappa shape index (κ1) is 16.1. The number of β-amino-alcohol motifs (C(OH)–C–C–N with tert-alkyl or cyclic N) is 1. The van der Waals surface area contributed by atoms with Gasteiger partial charge >= 0.3 is 0 Å². The number of nitrogens with zero attached hydrogens (tertiary/aromatic N) is 2. The molecule has 6 heteroatoms. The second kappa shape index (κ2) is 6.74. The van der Waals surface area contributed by atoms with Gasteiger partial charge < -0.3 is 14.9 Å². The average molecular weight is 335 g/mol. The number of phenolic OH excluding ortho intramolecular Hbond substituents is 1. The zero-order valence-corrected chi connectivity index (χ0v) is 13.6. The van der Waals surface area contributed by atoms with Gasteiger partial charge in [0, 0.05) is 37.0 Å². The normalized spacial score (nSPS) is 16.3. The van der Waals surface area contributed by atoms with E-state index < -0.39 is 6.10 Å². The number of halogens is 1. The summed E-state index contributed by atoms with van der Waals surface area (Å²) in [6, 6.07) is 7.20. The number of ether oxygens (including phenoxy) is 1. The molecule has 122 valence electrons. The van der Waals surface area contributed by atoms with Crippen LogP contribution in [0, 0.1) is 0 Å². The van der Waals surface area contributed by atoms with Gasteiger partial charge in [-0.1, -0.05) is 11.6 Å². The smallest absolute Gasteiger partial charge is 0.165 e. The molecule has 0 amide bonds. The lowest BCUT2D eigenvalue weighted by atomic mass is 10.0. The number of hydrogen-bond donors (Lipinski definition) is 2. The van der Waals surface area contributed by atoms with Crippen LogP contribution in [0.3, 0.4) is 0 Å². The number of aliphatic hydroxyl groups is 1. The molecule has 2 N–H and O–H groups in total. The van der Waals surface area contributed by atoms with Crippen molar-refractivity contribution in [3.05, 3.63) is 41.0 Å². The fourth-order valence-electron chi connectivity index (χ4n) is 2.78. The highest BCUT2D eigenvalue weighted by Gasteiger charge is 2.20. The van der Waals surface area contributed by atoms with Crippen molar-refractivity contribution >= 4 is 11.6 Å². The van der Waals surface area contributed by atoms with Gasteiger partial charge in [-0.2, -0.15) is 0 Å². The number of benzene rings is 1. The molecule has 0 saturated heterocycles. The SMILES string of the molecule is C[C@@H](O)CN1CCOc2c(O)cc(-c3ccc(Cl)cn3)cc2C1. The molecular weight excluding hydrogens is 316 g/mol. The molecule has 1 aliphatic rings. The van der Waals surface area contributed by atoms with Crippen LogP contribution in [0.2, 0.25) is 5.02 Å². The predicted octanol–water partition coefficient (Wildman–Crippen LogP) is 2.68. The Hall–Kier alpha value is -1.82. The molecule has 0 saturated carbocycles. The molecule has 1 atom stereocenters. The van der Waals surface area contributed by atoms with Gasteiger partial charge in [0.25, 0.3) is 0 Å². The minimum Gasteiger partial charge on any atom is -0.504 e. The van der Waals surface area contributed by atoms with Crippen LogP contribution < -0.4 is 4.74 Å². The third kappa shape index (κ3) is 3.75. The summed E-state index contributed by atoms with van der Waals surface area (Å²) in [6.45, 7) is 4.11. The lowest BCUT2D eigenvalue weighted by Gasteiger charge is -2.20. The van der Waals surface area contributed by atoms with E-state index in [-0.39, 0.29) is 5.75 Å². The number of aromatic nitrogens is 1. The van der Waals surface area contributed by atoms with E-state index in [0.29, 0.717) is 37.0 Å². The van der Waals surface area contributed by atoms with Crippen LogP contribution in [-0.2, 0) is 6.54 Å². The second-order valence-electron chi connectivity index (χ2n) is 5.78. The van der Waals surface area contributed by atoms with Crippen molar-refractivity contribution < 1.29 is 14.9 Å². The summed E-state index contributed by atoms with van der Waals surface area (Å²) >= 11 is 5.87. The maximum Gasteiger partial charge on any atom is 0.165 e. The summed E-state index contributed by atoms with van der Waals surface area (Å²) in [5.41, 5.74) is 2.43. The van der Waals surface area contributed by atoms with E-state index in [1.165, 1.54) is 0 Å². The molecule has 0 radical (unpaired) electrons. The summed E-state index contributed by atoms with van der Waals surface area (Å²) in [6.07, 6.45) is 1.17. The van der Waals surface area contributed by atoms with Crippen molar-refractivity contribution in [3.8, 4) is 22.8 Å². The quantitative estimate of drug-likeness (QED) is 0.903. The summed E-state index contributed by atoms with van der Waals surface area (Å²) in [5.74, 6) is 0.615. The summed E-state index contributed by atoms with van der Waals surface area (Å²) < 4.78 is 5.69. The van der Waals surface area contributed by atoms with E-state index in [0.717, 1.165) is 16.8 Å². The van der Waals surface area contributed by atoms with Crippen molar-refractivity contribution in [2.75, 3.05) is 19.7 Å². The average Bonchev–Trinajstić information content (AvgIpc) is 2.69. The number of fused-ring (bicyclic) bond motifs is 1. The van der Waals surface area contributed by atoms with E-state index in [1.54, 1.807) is 25.3 Å². The molecule has 2 aromatic rings. The highest BCUT2D eigenvalue weighted by atomic mass is 35.5. The van der Waals surface area contributed by atoms with Gasteiger partial charge in [-0.15, -0.1) is 0 Å². The highest BCUT2D eigenvalue weighted by Crippen LogP contribution is 2.37. The molecule has 0 fully saturated rings. The van der Waals surface area contributed by atoms with E-state index in [2.05, 4.69) is 9.88 Å². The van der Waals surface area contributed by atoms with Crippen molar-refractivity contribution in [3.63, 3.8) is 0 Å². The Morgan fingerprint density at radius 3 is 2.91 bits per heavy atom. The molecule has 1 aromatic carbocycles. The van der Waals surface area contributed by atoms with E-state index in [4.69, 9.17) is 16.3 Å². The highest BCUT2D eigenvalue weighted by molar-refractivity contribution is 6.30. The van der Waals surface area contributed by atoms with Crippen LogP contribution in [-0.4, -0.2) is 45.9 Å². The zero-order chi connectivity index (χ0) is 16.4. The number of rotatable bonds is 3. The van der Waals surface area contributed by atoms with Crippen LogP contribution in [0.4, 0.5) is 0 Å². The van der Waals surface area contributed by atoms with Gasteiger partial charge in [-0.05, 0) is 31.2 Å². The molecule has 0 unspecified atom stereocenters. The lowest BCUT2D eigenvalue weighted by Crippen LogP contribution is -2.32. The van der Waals surface area contributed by atoms with Gasteiger partial charge in [0.1, 0.15) is 6.61 Å². The third-order valence-corrected chi connectivity index (χ3v) is 3.96. The maximum absolute atomic E-state index is 10.3. The van der Waals surface area contributed by atoms with Gasteiger partial charge in [-0.3, -0.25) is 9.88 Å². The Kier molecular flexibility index (Phi) is 4.71. The Bertz CT molecular complexity index is 689. The maximum atomic E-state index is 10.3. The first-order valence-electron chi connectivity index (χ1n) is 7.54. The predicted molar refractivity (Wildman–Crippen MR) is 88.8 cm³/mol. The summed E-state index contributed by atoms with van der Waals surface area (Å²) in [5, 5.41) is 20.5. The second-order valence-corrected chi connectivity index (χ2v) is 6.21. The largest absolute Gasteiger partial charge is 0.504 e. The molecule has 0 bridgehead atoms. The van der Waals surface area contributed by atoms with Gasteiger partial charge in [0.2, 0.25) is 0 Å². The number of phenols is 1. The van der Waals surface area contributed by atoms with Crippen LogP contribution in [0.25, 0.3) is 11.3 Å². The Labute approximate surface area is 140 Å². The minimum atomic E-state index is -0.411. The van der Waals surface area contributed by atoms with Crippen LogP contribution >= 0.6 is 11.6 Å². The van der Waals surface area contributed by atoms with E-state index in [1.807, 2.05) is 12.1 Å². The number of hydrogen-bond acceptors (Lipinski definition) is 5. The van der Waals surface area contributed by atoms with Crippen LogP contribution in [0.1, 0.15) is 12.5 Å². The van der Waals surface area contributed by atoms with Gasteiger partial charge in [0.05, 0.1) is 16.8 Å². The lowest BCUT2D eigenvalue weighted by molar-refractivity contribution is 0.117. The molecule has 5 nitrogen and oxygen atoms in total. The van der Waals surface area contributed by atoms with Crippen LogP contribution in [0.5, 0.6) is 11.5 Å². The fraction of sp³-hybridized carbons (Fsp3) is 0.353. The summed E-state index contributed by atoms with van der Waals surface area (Å²) in [7, 11) is 0. The van der Waals surface area contributed by atoms with Crippen molar-refractivity contribution in [1.82, 2.24) is 9.88 Å². The van der Waals surface area contributed by atoms with Gasteiger partial charge in [0.15, 0.2) is 11.5 Å². The molecular formula is C17H19ClN2O3. The summed E-state index contributed by atoms with van der Waals surface area (Å²) in [4.78, 5) is 6.40. The first-order valence-corrected chi connectivity index (χ1v) is 7.92. The number of pyridine rings is 1. The standard InChI is InChI=1S/C17H19ClN2O3/c1-11(21)9-20-4-5-23-17-13(10-20)6-12(7-16(17)22)15-3-2-14(18)8-19-15/h2-3,6-8,11,21-22H,4-5,9-10H2,1H3/t11-/m1/s1. The van der Waals surface area contributed by atoms with Gasteiger partial charge in [-0.25, -0.2) is 0 Å². The van der Waals surface area contributed by atoms with Crippen LogP contribution in [0.15, 0.2) is 30.5 Å². The molecule has 23 heavy (non-hydrogen) atoms. The fourth-order valence-corrected chi connectivity index (χ4v) is 2.89. The van der Waals surface area contributed by atoms with E-state index >= 15 is 0 Å². The van der Waals surface area contributed by atoms with Crippen molar-refractivity contribution in [1.29, 1.82) is 0 Å². The Morgan fingerprint density at radius 2 is 2.22 bits per heavy atom. The molecule has 1 aromatic heterocycles. The Morgan fingerprint density at radius 1 is 1.39 bits per heavy atom. The molecule has 0 spiro atoms. The van der Waals surface area contributed by atoms with Crippen molar-refractivity contribution in [2.24, 2.45) is 0 Å². The molecule has 2 heterocycles. The van der Waals surface area contributed by atoms with E-state index in [9.17, 15) is 10.2 Å². The zero-order valence-electron chi connectivity index (χ0n) is 12.9. The number of aromatic hydroxyl groups is 1. The molecule has 0 aliphatic carbocycles. The third-order valence-electron chi connectivity index (χ3n) is 3.74. The minimum absolute atomic E-state index is 0.105. The molecule has 1 aliphatic heterocycles. The number of aliphatic hydroxyl groups excluding tert-OH is 1. The topological polar surface area (TPSA) is 65.8 Å². The monoisotopic (exact) mass is 334 g/mol. The van der Waals surface area contributed by atoms with Crippen molar-refractivity contribution in [2.45, 2.75) is 19.6 Å². The Balaban J connectivity index is 1.95. The first-order chi connectivity index (χ1) is 11.0. The molecule has 3 rings (SSSR count).